The highest BCUT2D eigenvalue weighted by molar-refractivity contribution is 7.09. The minimum absolute atomic E-state index is 0.0957. The summed E-state index contributed by atoms with van der Waals surface area (Å²) in [5.74, 6) is 0.370. The minimum Gasteiger partial charge on any atom is -0.466 e. The number of hydrogen-bond acceptors (Lipinski definition) is 5. The number of carbonyl (C=O) groups is 2. The van der Waals surface area contributed by atoms with Crippen molar-refractivity contribution in [2.45, 2.75) is 27.2 Å². The quantitative estimate of drug-likeness (QED) is 0.619. The number of nitrogens with zero attached hydrogens (tertiary/aromatic N) is 2. The zero-order chi connectivity index (χ0) is 17.3. The molecule has 24 heavy (non-hydrogen) atoms. The molecule has 2 aliphatic rings. The summed E-state index contributed by atoms with van der Waals surface area (Å²) >= 11 is 1.56. The highest BCUT2D eigenvalue weighted by Crippen LogP contribution is 2.40. The lowest BCUT2D eigenvalue weighted by Crippen LogP contribution is -2.37. The molecule has 0 radical (unpaired) electrons. The van der Waals surface area contributed by atoms with Gasteiger partial charge in [0, 0.05) is 18.5 Å². The molecule has 1 aliphatic carbocycles. The monoisotopic (exact) mass is 348 g/mol. The average Bonchev–Trinajstić information content (AvgIpc) is 3.13. The minimum atomic E-state index is -0.153. The van der Waals surface area contributed by atoms with E-state index >= 15 is 0 Å². The van der Waals surface area contributed by atoms with E-state index in [1.165, 1.54) is 0 Å². The summed E-state index contributed by atoms with van der Waals surface area (Å²) in [6.07, 6.45) is 4.61. The van der Waals surface area contributed by atoms with Crippen molar-refractivity contribution in [1.82, 2.24) is 9.88 Å². The number of allylic oxidation sites excluding steroid dienone is 1. The van der Waals surface area contributed by atoms with Crippen molar-refractivity contribution in [2.24, 2.45) is 23.7 Å². The van der Waals surface area contributed by atoms with Gasteiger partial charge in [0.1, 0.15) is 0 Å². The van der Waals surface area contributed by atoms with Crippen LogP contribution in [0.2, 0.25) is 0 Å². The van der Waals surface area contributed by atoms with Gasteiger partial charge >= 0.3 is 5.97 Å². The smallest absolute Gasteiger partial charge is 0.309 e. The van der Waals surface area contributed by atoms with Crippen LogP contribution in [0.1, 0.15) is 24.5 Å². The summed E-state index contributed by atoms with van der Waals surface area (Å²) < 4.78 is 5.27. The van der Waals surface area contributed by atoms with E-state index in [-0.39, 0.29) is 35.5 Å². The van der Waals surface area contributed by atoms with Gasteiger partial charge in [0.25, 0.3) is 0 Å². The molecule has 2 heterocycles. The van der Waals surface area contributed by atoms with Crippen LogP contribution < -0.4 is 0 Å². The Kier molecular flexibility index (Phi) is 5.04. The van der Waals surface area contributed by atoms with Crippen molar-refractivity contribution in [3.8, 4) is 0 Å². The first-order valence-corrected chi connectivity index (χ1v) is 9.41. The first-order chi connectivity index (χ1) is 11.5. The molecule has 130 valence electrons. The Morgan fingerprint density at radius 3 is 2.83 bits per heavy atom. The highest BCUT2D eigenvalue weighted by atomic mass is 32.1. The van der Waals surface area contributed by atoms with Crippen LogP contribution in [0, 0.1) is 30.6 Å². The Bertz CT molecular complexity index is 654. The van der Waals surface area contributed by atoms with Gasteiger partial charge in [0.2, 0.25) is 5.91 Å². The number of thiazole rings is 1. The second-order valence-corrected chi connectivity index (χ2v) is 7.75. The molecule has 0 N–H and O–H groups in total. The zero-order valence-corrected chi connectivity index (χ0v) is 15.2. The van der Waals surface area contributed by atoms with Crippen LogP contribution in [0.4, 0.5) is 0 Å². The van der Waals surface area contributed by atoms with Gasteiger partial charge in [-0.2, -0.15) is 0 Å². The number of ether oxygens (including phenoxy) is 1. The second kappa shape index (κ2) is 7.05. The normalized spacial score (nSPS) is 28.7. The van der Waals surface area contributed by atoms with Crippen LogP contribution >= 0.6 is 11.3 Å². The summed E-state index contributed by atoms with van der Waals surface area (Å²) in [7, 11) is 0. The van der Waals surface area contributed by atoms with E-state index in [1.807, 2.05) is 24.1 Å². The third-order valence-electron chi connectivity index (χ3n) is 5.01. The second-order valence-electron chi connectivity index (χ2n) is 6.68. The third-order valence-corrected chi connectivity index (χ3v) is 5.83. The number of likely N-dealkylation sites (tertiary alicyclic amines) is 1. The standard InChI is InChI=1S/C18H24N2O3S/c1-4-23-18(22)17-11(2)5-6-13-8-20(9-15(13)17)16(21)7-14-10-24-12(3)19-14/h5-6,10-11,13,15,17H,4,7-9H2,1-3H3/t11-,13-,15-,17-/m0/s1. The molecule has 6 heteroatoms. The van der Waals surface area contributed by atoms with E-state index in [1.54, 1.807) is 11.3 Å². The lowest BCUT2D eigenvalue weighted by atomic mass is 9.72. The zero-order valence-electron chi connectivity index (χ0n) is 14.4. The SMILES string of the molecule is CCOC(=O)[C@@H]1[C@H]2CN(C(=O)Cc3csc(C)n3)C[C@@H]2C=C[C@@H]1C. The fraction of sp³-hybridized carbons (Fsp3) is 0.611. The van der Waals surface area contributed by atoms with Crippen LogP contribution in [0.3, 0.4) is 0 Å². The van der Waals surface area contributed by atoms with Crippen molar-refractivity contribution >= 4 is 23.2 Å². The van der Waals surface area contributed by atoms with Gasteiger partial charge in [0.05, 0.1) is 29.6 Å². The Labute approximate surface area is 146 Å². The number of aryl methyl sites for hydroxylation is 1. The fourth-order valence-electron chi connectivity index (χ4n) is 3.85. The lowest BCUT2D eigenvalue weighted by Gasteiger charge is -2.31. The maximum absolute atomic E-state index is 12.6. The summed E-state index contributed by atoms with van der Waals surface area (Å²) in [5, 5.41) is 2.92. The fourth-order valence-corrected chi connectivity index (χ4v) is 4.47. The molecule has 1 amide bonds. The van der Waals surface area contributed by atoms with Crippen LogP contribution in [0.25, 0.3) is 0 Å². The summed E-state index contributed by atoms with van der Waals surface area (Å²) in [6.45, 7) is 7.54. The maximum Gasteiger partial charge on any atom is 0.309 e. The first-order valence-electron chi connectivity index (χ1n) is 8.53. The van der Waals surface area contributed by atoms with Crippen LogP contribution in [-0.4, -0.2) is 41.5 Å². The van der Waals surface area contributed by atoms with Gasteiger partial charge < -0.3 is 9.64 Å². The van der Waals surface area contributed by atoms with Crippen molar-refractivity contribution in [3.63, 3.8) is 0 Å². The molecule has 1 aromatic rings. The van der Waals surface area contributed by atoms with E-state index in [2.05, 4.69) is 24.1 Å². The molecule has 0 aromatic carbocycles. The van der Waals surface area contributed by atoms with E-state index in [9.17, 15) is 9.59 Å². The van der Waals surface area contributed by atoms with Gasteiger partial charge in [0.15, 0.2) is 0 Å². The number of esters is 1. The summed E-state index contributed by atoms with van der Waals surface area (Å²) in [4.78, 5) is 31.2. The molecule has 3 rings (SSSR count). The lowest BCUT2D eigenvalue weighted by molar-refractivity contribution is -0.152. The molecule has 0 saturated carbocycles. The number of rotatable bonds is 4. The summed E-state index contributed by atoms with van der Waals surface area (Å²) in [5.41, 5.74) is 0.836. The van der Waals surface area contributed by atoms with Gasteiger partial charge in [-0.3, -0.25) is 9.59 Å². The number of amides is 1. The van der Waals surface area contributed by atoms with E-state index in [4.69, 9.17) is 4.74 Å². The maximum atomic E-state index is 12.6. The molecule has 1 aromatic heterocycles. The van der Waals surface area contributed by atoms with Crippen LogP contribution in [0.5, 0.6) is 0 Å². The van der Waals surface area contributed by atoms with Crippen LogP contribution in [-0.2, 0) is 20.7 Å². The molecular formula is C18H24N2O3S. The number of fused-ring (bicyclic) bond motifs is 1. The van der Waals surface area contributed by atoms with Crippen LogP contribution in [0.15, 0.2) is 17.5 Å². The first kappa shape index (κ1) is 17.1. The Hall–Kier alpha value is -1.69. The Morgan fingerprint density at radius 1 is 1.38 bits per heavy atom. The largest absolute Gasteiger partial charge is 0.466 e. The molecule has 0 spiro atoms. The Balaban J connectivity index is 1.69. The van der Waals surface area contributed by atoms with Crippen molar-refractivity contribution in [3.05, 3.63) is 28.2 Å². The molecule has 5 nitrogen and oxygen atoms in total. The van der Waals surface area contributed by atoms with Gasteiger partial charge in [-0.1, -0.05) is 19.1 Å². The predicted molar refractivity (Wildman–Crippen MR) is 92.5 cm³/mol. The molecule has 0 bridgehead atoms. The molecule has 1 aliphatic heterocycles. The van der Waals surface area contributed by atoms with Gasteiger partial charge in [-0.25, -0.2) is 4.98 Å². The van der Waals surface area contributed by atoms with Gasteiger partial charge in [-0.15, -0.1) is 11.3 Å². The van der Waals surface area contributed by atoms with E-state index in [0.717, 1.165) is 10.7 Å². The van der Waals surface area contributed by atoms with E-state index in [0.29, 0.717) is 26.1 Å². The average molecular weight is 348 g/mol. The predicted octanol–water partition coefficient (Wildman–Crippen LogP) is 2.45. The third kappa shape index (κ3) is 3.38. The molecular weight excluding hydrogens is 324 g/mol. The molecule has 1 saturated heterocycles. The topological polar surface area (TPSA) is 59.5 Å². The molecule has 0 unspecified atom stereocenters. The molecule has 1 fully saturated rings. The van der Waals surface area contributed by atoms with Crippen molar-refractivity contribution in [1.29, 1.82) is 0 Å². The number of aromatic nitrogens is 1. The highest BCUT2D eigenvalue weighted by Gasteiger charge is 2.45. The number of carbonyl (C=O) groups excluding carboxylic acids is 2. The van der Waals surface area contributed by atoms with E-state index < -0.39 is 0 Å². The van der Waals surface area contributed by atoms with Crippen molar-refractivity contribution in [2.75, 3.05) is 19.7 Å². The van der Waals surface area contributed by atoms with Crippen molar-refractivity contribution < 1.29 is 14.3 Å². The van der Waals surface area contributed by atoms with Gasteiger partial charge in [-0.05, 0) is 31.6 Å². The number of hydrogen-bond donors (Lipinski definition) is 0. The molecule has 4 atom stereocenters. The summed E-state index contributed by atoms with van der Waals surface area (Å²) in [6, 6.07) is 0. The Morgan fingerprint density at radius 2 is 2.17 bits per heavy atom.